The highest BCUT2D eigenvalue weighted by Crippen LogP contribution is 2.42. The fraction of sp³-hybridized carbons (Fsp3) is 0.200. The molecule has 1 aromatic heterocycles. The average Bonchev–Trinajstić information content (AvgIpc) is 3.07. The Labute approximate surface area is 125 Å². The Kier molecular flexibility index (Phi) is 2.92. The van der Waals surface area contributed by atoms with Crippen molar-refractivity contribution in [3.63, 3.8) is 0 Å². The zero-order valence-corrected chi connectivity index (χ0v) is 12.3. The van der Waals surface area contributed by atoms with Crippen LogP contribution in [0.1, 0.15) is 25.1 Å². The molecule has 1 unspecified atom stereocenters. The van der Waals surface area contributed by atoms with E-state index in [9.17, 15) is 0 Å². The third kappa shape index (κ3) is 1.84. The largest absolute Gasteiger partial charge is 0.337 e. The number of nitrogens with zero attached hydrogens (tertiary/aromatic N) is 1. The Bertz CT molecular complexity index is 808. The summed E-state index contributed by atoms with van der Waals surface area (Å²) in [6, 6.07) is 20.1. The van der Waals surface area contributed by atoms with Gasteiger partial charge in [0, 0.05) is 22.2 Å². The first-order chi connectivity index (χ1) is 10.4. The van der Waals surface area contributed by atoms with Crippen molar-refractivity contribution < 1.29 is 0 Å². The van der Waals surface area contributed by atoms with Crippen molar-refractivity contribution in [1.29, 1.82) is 0 Å². The predicted octanol–water partition coefficient (Wildman–Crippen LogP) is 5.37. The fourth-order valence-electron chi connectivity index (χ4n) is 3.69. The molecule has 2 heterocycles. The second-order valence-corrected chi connectivity index (χ2v) is 5.71. The van der Waals surface area contributed by atoms with Crippen LogP contribution in [0.3, 0.4) is 0 Å². The minimum atomic E-state index is 0.507. The molecule has 1 nitrogen and oxygen atoms in total. The van der Waals surface area contributed by atoms with Gasteiger partial charge in [-0.1, -0.05) is 60.7 Å². The Hall–Kier alpha value is -2.28. The molecule has 2 aromatic carbocycles. The Balaban J connectivity index is 2.05. The summed E-state index contributed by atoms with van der Waals surface area (Å²) in [4.78, 5) is 0. The van der Waals surface area contributed by atoms with Crippen LogP contribution in [0.5, 0.6) is 0 Å². The SMILES string of the molecule is C/C=C/C1CCc2c(-c3ccccc3)c3ccccc3n21. The van der Waals surface area contributed by atoms with Gasteiger partial charge in [-0.3, -0.25) is 0 Å². The predicted molar refractivity (Wildman–Crippen MR) is 89.5 cm³/mol. The standard InChI is InChI=1S/C20H19N/c1-2-8-16-13-14-19-20(15-9-4-3-5-10-15)17-11-6-7-12-18(17)21(16)19/h2-12,16H,13-14H2,1H3/b8-2+. The molecule has 0 saturated heterocycles. The van der Waals surface area contributed by atoms with Gasteiger partial charge in [0.25, 0.3) is 0 Å². The molecule has 1 heteroatoms. The van der Waals surface area contributed by atoms with Crippen LogP contribution >= 0.6 is 0 Å². The number of aromatic nitrogens is 1. The number of allylic oxidation sites excluding steroid dienone is 2. The molecule has 0 N–H and O–H groups in total. The van der Waals surface area contributed by atoms with Crippen molar-refractivity contribution in [2.75, 3.05) is 0 Å². The molecular weight excluding hydrogens is 254 g/mol. The lowest BCUT2D eigenvalue weighted by molar-refractivity contribution is 0.660. The molecule has 0 radical (unpaired) electrons. The van der Waals surface area contributed by atoms with Gasteiger partial charge in [0.05, 0.1) is 6.04 Å². The van der Waals surface area contributed by atoms with Gasteiger partial charge in [-0.2, -0.15) is 0 Å². The lowest BCUT2D eigenvalue weighted by atomic mass is 10.00. The first-order valence-electron chi connectivity index (χ1n) is 7.70. The molecule has 21 heavy (non-hydrogen) atoms. The summed E-state index contributed by atoms with van der Waals surface area (Å²) in [6.45, 7) is 2.11. The maximum atomic E-state index is 2.54. The van der Waals surface area contributed by atoms with E-state index in [0.29, 0.717) is 6.04 Å². The summed E-state index contributed by atoms with van der Waals surface area (Å²) < 4.78 is 2.54. The lowest BCUT2D eigenvalue weighted by Crippen LogP contribution is -1.99. The van der Waals surface area contributed by atoms with E-state index in [1.807, 2.05) is 0 Å². The van der Waals surface area contributed by atoms with Crippen LogP contribution in [-0.2, 0) is 6.42 Å². The van der Waals surface area contributed by atoms with Crippen LogP contribution in [0, 0.1) is 0 Å². The van der Waals surface area contributed by atoms with Crippen LogP contribution in [0.4, 0.5) is 0 Å². The number of fused-ring (bicyclic) bond motifs is 3. The number of hydrogen-bond acceptors (Lipinski definition) is 0. The topological polar surface area (TPSA) is 4.93 Å². The maximum Gasteiger partial charge on any atom is 0.0523 e. The van der Waals surface area contributed by atoms with Crippen molar-refractivity contribution in [3.8, 4) is 11.1 Å². The van der Waals surface area contributed by atoms with Crippen molar-refractivity contribution in [3.05, 3.63) is 72.4 Å². The normalized spacial score (nSPS) is 17.7. The molecule has 0 spiro atoms. The van der Waals surface area contributed by atoms with E-state index < -0.39 is 0 Å². The van der Waals surface area contributed by atoms with Gasteiger partial charge in [-0.05, 0) is 31.4 Å². The Morgan fingerprint density at radius 1 is 1.00 bits per heavy atom. The highest BCUT2D eigenvalue weighted by molar-refractivity contribution is 5.98. The molecule has 0 saturated carbocycles. The molecule has 1 aliphatic heterocycles. The van der Waals surface area contributed by atoms with Gasteiger partial charge >= 0.3 is 0 Å². The summed E-state index contributed by atoms with van der Waals surface area (Å²) in [7, 11) is 0. The summed E-state index contributed by atoms with van der Waals surface area (Å²) >= 11 is 0. The average molecular weight is 273 g/mol. The summed E-state index contributed by atoms with van der Waals surface area (Å²) in [5.41, 5.74) is 5.62. The van der Waals surface area contributed by atoms with Gasteiger partial charge in [-0.25, -0.2) is 0 Å². The molecule has 4 rings (SSSR count). The molecule has 3 aromatic rings. The Morgan fingerprint density at radius 2 is 1.76 bits per heavy atom. The van der Waals surface area contributed by atoms with Crippen molar-refractivity contribution in [2.24, 2.45) is 0 Å². The van der Waals surface area contributed by atoms with Crippen molar-refractivity contribution in [2.45, 2.75) is 25.8 Å². The van der Waals surface area contributed by atoms with Crippen LogP contribution in [0.2, 0.25) is 0 Å². The van der Waals surface area contributed by atoms with Crippen LogP contribution in [0.15, 0.2) is 66.7 Å². The van der Waals surface area contributed by atoms with Gasteiger partial charge < -0.3 is 4.57 Å². The molecular formula is C20H19N. The first kappa shape index (κ1) is 12.5. The minimum Gasteiger partial charge on any atom is -0.337 e. The highest BCUT2D eigenvalue weighted by atomic mass is 15.0. The first-order valence-corrected chi connectivity index (χ1v) is 7.70. The monoisotopic (exact) mass is 273 g/mol. The van der Waals surface area contributed by atoms with E-state index in [2.05, 4.69) is 78.2 Å². The van der Waals surface area contributed by atoms with E-state index in [-0.39, 0.29) is 0 Å². The van der Waals surface area contributed by atoms with E-state index in [0.717, 1.165) is 6.42 Å². The molecule has 1 atom stereocenters. The van der Waals surface area contributed by atoms with E-state index in [1.165, 1.54) is 34.1 Å². The minimum absolute atomic E-state index is 0.507. The number of para-hydroxylation sites is 1. The zero-order chi connectivity index (χ0) is 14.2. The van der Waals surface area contributed by atoms with Crippen molar-refractivity contribution in [1.82, 2.24) is 4.57 Å². The van der Waals surface area contributed by atoms with E-state index in [4.69, 9.17) is 0 Å². The van der Waals surface area contributed by atoms with E-state index in [1.54, 1.807) is 0 Å². The zero-order valence-electron chi connectivity index (χ0n) is 12.3. The lowest BCUT2D eigenvalue weighted by Gasteiger charge is -2.09. The van der Waals surface area contributed by atoms with Crippen LogP contribution in [0.25, 0.3) is 22.0 Å². The third-order valence-corrected chi connectivity index (χ3v) is 4.50. The summed E-state index contributed by atoms with van der Waals surface area (Å²) in [6.07, 6.45) is 6.88. The molecule has 0 fully saturated rings. The third-order valence-electron chi connectivity index (χ3n) is 4.50. The maximum absolute atomic E-state index is 2.54. The van der Waals surface area contributed by atoms with Crippen molar-refractivity contribution >= 4 is 10.9 Å². The molecule has 0 bridgehead atoms. The fourth-order valence-corrected chi connectivity index (χ4v) is 3.69. The number of rotatable bonds is 2. The van der Waals surface area contributed by atoms with E-state index >= 15 is 0 Å². The van der Waals surface area contributed by atoms with Gasteiger partial charge in [-0.15, -0.1) is 0 Å². The smallest absolute Gasteiger partial charge is 0.0523 e. The van der Waals surface area contributed by atoms with Gasteiger partial charge in [0.15, 0.2) is 0 Å². The second kappa shape index (κ2) is 4.92. The second-order valence-electron chi connectivity index (χ2n) is 5.71. The summed E-state index contributed by atoms with van der Waals surface area (Å²) in [5, 5.41) is 1.38. The Morgan fingerprint density at radius 3 is 2.57 bits per heavy atom. The molecule has 1 aliphatic rings. The highest BCUT2D eigenvalue weighted by Gasteiger charge is 2.27. The van der Waals surface area contributed by atoms with Gasteiger partial charge in [0.1, 0.15) is 0 Å². The molecule has 104 valence electrons. The molecule has 0 aliphatic carbocycles. The van der Waals surface area contributed by atoms with Crippen LogP contribution in [-0.4, -0.2) is 4.57 Å². The summed E-state index contributed by atoms with van der Waals surface area (Å²) in [5.74, 6) is 0. The number of benzene rings is 2. The van der Waals surface area contributed by atoms with Gasteiger partial charge in [0.2, 0.25) is 0 Å². The quantitative estimate of drug-likeness (QED) is 0.553. The van der Waals surface area contributed by atoms with Crippen LogP contribution < -0.4 is 0 Å². The number of hydrogen-bond donors (Lipinski definition) is 0. The molecule has 0 amide bonds.